The summed E-state index contributed by atoms with van der Waals surface area (Å²) in [6.45, 7) is -0.329. The lowest BCUT2D eigenvalue weighted by atomic mass is 9.79. The van der Waals surface area contributed by atoms with E-state index in [1.807, 2.05) is 0 Å². The molecule has 0 aliphatic heterocycles. The van der Waals surface area contributed by atoms with Gasteiger partial charge in [-0.15, -0.1) is 0 Å². The van der Waals surface area contributed by atoms with Crippen molar-refractivity contribution in [2.75, 3.05) is 6.61 Å². The van der Waals surface area contributed by atoms with Gasteiger partial charge in [0.2, 0.25) is 0 Å². The number of alkyl halides is 3. The van der Waals surface area contributed by atoms with Gasteiger partial charge in [0.25, 0.3) is 0 Å². The summed E-state index contributed by atoms with van der Waals surface area (Å²) in [6, 6.07) is 0. The molecule has 0 saturated heterocycles. The van der Waals surface area contributed by atoms with E-state index in [-0.39, 0.29) is 12.5 Å². The van der Waals surface area contributed by atoms with E-state index in [1.54, 1.807) is 0 Å². The van der Waals surface area contributed by atoms with Crippen molar-refractivity contribution in [3.63, 3.8) is 0 Å². The minimum absolute atomic E-state index is 0.0791. The second-order valence-electron chi connectivity index (χ2n) is 4.16. The van der Waals surface area contributed by atoms with Crippen LogP contribution in [0.25, 0.3) is 0 Å². The minimum Gasteiger partial charge on any atom is -0.396 e. The lowest BCUT2D eigenvalue weighted by Crippen LogP contribution is -2.26. The molecular weight excluding hydrogens is 193 g/mol. The summed E-state index contributed by atoms with van der Waals surface area (Å²) in [5.74, 6) is -0.495. The molecule has 14 heavy (non-hydrogen) atoms. The fourth-order valence-electron chi connectivity index (χ4n) is 2.28. The van der Waals surface area contributed by atoms with Gasteiger partial charge in [-0.3, -0.25) is 0 Å². The highest BCUT2D eigenvalue weighted by molar-refractivity contribution is 4.75. The second kappa shape index (κ2) is 5.01. The average Bonchev–Trinajstić information content (AvgIpc) is 2.14. The number of aliphatic hydroxyl groups is 1. The number of hydrogen-bond donors (Lipinski definition) is 1. The molecule has 0 heterocycles. The number of rotatable bonds is 3. The number of aliphatic hydroxyl groups excluding tert-OH is 1. The molecule has 1 saturated carbocycles. The molecule has 0 aromatic heterocycles. The van der Waals surface area contributed by atoms with Crippen LogP contribution < -0.4 is 0 Å². The predicted octanol–water partition coefficient (Wildman–Crippen LogP) is 3.13. The standard InChI is InChI=1S/C10H17F3O/c11-10(12,13)6-9(7-14)8-4-2-1-3-5-8/h8-9,14H,1-7H2. The molecule has 0 aromatic carbocycles. The molecule has 0 radical (unpaired) electrons. The van der Waals surface area contributed by atoms with E-state index in [0.717, 1.165) is 32.1 Å². The van der Waals surface area contributed by atoms with Gasteiger partial charge in [-0.1, -0.05) is 32.1 Å². The first-order chi connectivity index (χ1) is 6.53. The normalized spacial score (nSPS) is 22.3. The van der Waals surface area contributed by atoms with E-state index in [1.165, 1.54) is 0 Å². The van der Waals surface area contributed by atoms with Crippen LogP contribution in [0.3, 0.4) is 0 Å². The highest BCUT2D eigenvalue weighted by atomic mass is 19.4. The molecule has 1 fully saturated rings. The van der Waals surface area contributed by atoms with Gasteiger partial charge in [-0.2, -0.15) is 13.2 Å². The maximum absolute atomic E-state index is 12.1. The molecule has 1 rings (SSSR count). The molecule has 0 spiro atoms. The average molecular weight is 210 g/mol. The molecular formula is C10H17F3O. The van der Waals surface area contributed by atoms with E-state index in [9.17, 15) is 13.2 Å². The molecule has 0 bridgehead atoms. The smallest absolute Gasteiger partial charge is 0.389 e. The maximum Gasteiger partial charge on any atom is 0.389 e. The van der Waals surface area contributed by atoms with E-state index in [4.69, 9.17) is 5.11 Å². The third kappa shape index (κ3) is 3.86. The monoisotopic (exact) mass is 210 g/mol. The third-order valence-electron chi connectivity index (χ3n) is 3.04. The molecule has 1 aliphatic carbocycles. The first kappa shape index (κ1) is 11.8. The number of halogens is 3. The van der Waals surface area contributed by atoms with Crippen LogP contribution in [-0.4, -0.2) is 17.9 Å². The zero-order valence-electron chi connectivity index (χ0n) is 8.19. The molecule has 1 atom stereocenters. The van der Waals surface area contributed by atoms with Crippen molar-refractivity contribution in [3.8, 4) is 0 Å². The largest absolute Gasteiger partial charge is 0.396 e. The van der Waals surface area contributed by atoms with Crippen LogP contribution in [0.2, 0.25) is 0 Å². The fourth-order valence-corrected chi connectivity index (χ4v) is 2.28. The highest BCUT2D eigenvalue weighted by Gasteiger charge is 2.35. The van der Waals surface area contributed by atoms with E-state index in [0.29, 0.717) is 0 Å². The molecule has 4 heteroatoms. The van der Waals surface area contributed by atoms with Crippen molar-refractivity contribution < 1.29 is 18.3 Å². The predicted molar refractivity (Wildman–Crippen MR) is 47.8 cm³/mol. The van der Waals surface area contributed by atoms with Gasteiger partial charge in [0.15, 0.2) is 0 Å². The van der Waals surface area contributed by atoms with Gasteiger partial charge < -0.3 is 5.11 Å². The van der Waals surface area contributed by atoms with Crippen LogP contribution in [0.15, 0.2) is 0 Å². The fraction of sp³-hybridized carbons (Fsp3) is 1.00. The van der Waals surface area contributed by atoms with Crippen LogP contribution in [0.5, 0.6) is 0 Å². The topological polar surface area (TPSA) is 20.2 Å². The second-order valence-corrected chi connectivity index (χ2v) is 4.16. The quantitative estimate of drug-likeness (QED) is 0.758. The Labute approximate surface area is 82.3 Å². The van der Waals surface area contributed by atoms with Crippen molar-refractivity contribution in [2.45, 2.75) is 44.7 Å². The van der Waals surface area contributed by atoms with Gasteiger partial charge in [0.1, 0.15) is 0 Å². The van der Waals surface area contributed by atoms with E-state index < -0.39 is 18.5 Å². The zero-order chi connectivity index (χ0) is 10.6. The molecule has 1 aliphatic rings. The molecule has 0 amide bonds. The Morgan fingerprint density at radius 3 is 2.14 bits per heavy atom. The van der Waals surface area contributed by atoms with Crippen LogP contribution in [0.4, 0.5) is 13.2 Å². The Kier molecular flexibility index (Phi) is 4.23. The number of hydrogen-bond acceptors (Lipinski definition) is 1. The van der Waals surface area contributed by atoms with Crippen LogP contribution in [0, 0.1) is 11.8 Å². The first-order valence-corrected chi connectivity index (χ1v) is 5.20. The molecule has 84 valence electrons. The SMILES string of the molecule is OCC(CC(F)(F)F)C1CCCCC1. The van der Waals surface area contributed by atoms with Crippen LogP contribution in [0.1, 0.15) is 38.5 Å². The van der Waals surface area contributed by atoms with Crippen LogP contribution in [-0.2, 0) is 0 Å². The summed E-state index contributed by atoms with van der Waals surface area (Å²) in [5, 5.41) is 8.94. The molecule has 1 unspecified atom stereocenters. The first-order valence-electron chi connectivity index (χ1n) is 5.20. The lowest BCUT2D eigenvalue weighted by Gasteiger charge is -2.29. The molecule has 1 N–H and O–H groups in total. The van der Waals surface area contributed by atoms with Crippen molar-refractivity contribution >= 4 is 0 Å². The van der Waals surface area contributed by atoms with E-state index >= 15 is 0 Å². The minimum atomic E-state index is -4.13. The summed E-state index contributed by atoms with van der Waals surface area (Å²) in [5.41, 5.74) is 0. The van der Waals surface area contributed by atoms with Crippen molar-refractivity contribution in [1.82, 2.24) is 0 Å². The summed E-state index contributed by atoms with van der Waals surface area (Å²) < 4.78 is 36.4. The summed E-state index contributed by atoms with van der Waals surface area (Å²) in [7, 11) is 0. The van der Waals surface area contributed by atoms with Crippen LogP contribution >= 0.6 is 0 Å². The van der Waals surface area contributed by atoms with Crippen molar-refractivity contribution in [1.29, 1.82) is 0 Å². The zero-order valence-corrected chi connectivity index (χ0v) is 8.19. The van der Waals surface area contributed by atoms with Gasteiger partial charge in [-0.25, -0.2) is 0 Å². The van der Waals surface area contributed by atoms with Crippen molar-refractivity contribution in [3.05, 3.63) is 0 Å². The lowest BCUT2D eigenvalue weighted by molar-refractivity contribution is -0.152. The Balaban J connectivity index is 2.43. The van der Waals surface area contributed by atoms with E-state index in [2.05, 4.69) is 0 Å². The molecule has 0 aromatic rings. The summed E-state index contributed by atoms with van der Waals surface area (Å²) >= 11 is 0. The molecule has 1 nitrogen and oxygen atoms in total. The van der Waals surface area contributed by atoms with Gasteiger partial charge >= 0.3 is 6.18 Å². The third-order valence-corrected chi connectivity index (χ3v) is 3.04. The Bertz CT molecular complexity index is 161. The van der Waals surface area contributed by atoms with Gasteiger partial charge in [0.05, 0.1) is 0 Å². The summed E-state index contributed by atoms with van der Waals surface area (Å²) in [4.78, 5) is 0. The van der Waals surface area contributed by atoms with Gasteiger partial charge in [0, 0.05) is 13.0 Å². The highest BCUT2D eigenvalue weighted by Crippen LogP contribution is 2.36. The van der Waals surface area contributed by atoms with Gasteiger partial charge in [-0.05, 0) is 11.8 Å². The maximum atomic E-state index is 12.1. The Hall–Kier alpha value is -0.250. The Morgan fingerprint density at radius 2 is 1.71 bits per heavy atom. The van der Waals surface area contributed by atoms with Crippen molar-refractivity contribution in [2.24, 2.45) is 11.8 Å². The Morgan fingerprint density at radius 1 is 1.14 bits per heavy atom. The summed E-state index contributed by atoms with van der Waals surface area (Å²) in [6.07, 6.45) is -0.111.